The third-order valence-electron chi connectivity index (χ3n) is 6.19. The molecule has 2 aromatic rings. The Morgan fingerprint density at radius 3 is 2.62 bits per heavy atom. The van der Waals surface area contributed by atoms with Crippen LogP contribution in [-0.4, -0.2) is 32.3 Å². The summed E-state index contributed by atoms with van der Waals surface area (Å²) in [7, 11) is -3.64. The molecule has 0 saturated carbocycles. The Morgan fingerprint density at radius 1 is 1.03 bits per heavy atom. The lowest BCUT2D eigenvalue weighted by molar-refractivity contribution is -0.136. The average Bonchev–Trinajstić information content (AvgIpc) is 2.76. The maximum Gasteiger partial charge on any atom is 0.264 e. The first-order chi connectivity index (χ1) is 13.9. The topological polar surface area (TPSA) is 57.7 Å². The van der Waals surface area contributed by atoms with E-state index in [-0.39, 0.29) is 11.8 Å². The fourth-order valence-electron chi connectivity index (χ4n) is 4.24. The molecule has 2 aromatic carbocycles. The van der Waals surface area contributed by atoms with Gasteiger partial charge in [-0.25, -0.2) is 8.42 Å². The molecule has 2 heterocycles. The fraction of sp³-hybridized carbons (Fsp3) is 0.435. The first-order valence-corrected chi connectivity index (χ1v) is 11.9. The maximum atomic E-state index is 13.5. The minimum Gasteiger partial charge on any atom is -0.338 e. The van der Waals surface area contributed by atoms with E-state index in [1.165, 1.54) is 0 Å². The summed E-state index contributed by atoms with van der Waals surface area (Å²) in [5, 5.41) is 0. The van der Waals surface area contributed by atoms with Crippen molar-refractivity contribution in [1.29, 1.82) is 0 Å². The molecule has 0 unspecified atom stereocenters. The largest absolute Gasteiger partial charge is 0.338 e. The number of amides is 1. The van der Waals surface area contributed by atoms with E-state index in [0.717, 1.165) is 48.1 Å². The molecular weight excluding hydrogens is 384 g/mol. The van der Waals surface area contributed by atoms with Crippen LogP contribution in [-0.2, 0) is 34.2 Å². The van der Waals surface area contributed by atoms with Gasteiger partial charge in [0.15, 0.2) is 0 Å². The SMILES string of the molecule is CC[C@H](C)C(=O)N1CCc2ccc(S(=O)(=O)N3CCCc4ccccc43)cc2C1. The van der Waals surface area contributed by atoms with Crippen molar-refractivity contribution < 1.29 is 13.2 Å². The summed E-state index contributed by atoms with van der Waals surface area (Å²) < 4.78 is 28.4. The molecule has 0 bridgehead atoms. The van der Waals surface area contributed by atoms with E-state index >= 15 is 0 Å². The highest BCUT2D eigenvalue weighted by atomic mass is 32.2. The molecular formula is C23H28N2O3S. The van der Waals surface area contributed by atoms with E-state index < -0.39 is 10.0 Å². The number of fused-ring (bicyclic) bond motifs is 2. The summed E-state index contributed by atoms with van der Waals surface area (Å²) in [6.45, 7) is 5.64. The molecule has 1 amide bonds. The smallest absolute Gasteiger partial charge is 0.264 e. The van der Waals surface area contributed by atoms with Gasteiger partial charge in [0.05, 0.1) is 10.6 Å². The van der Waals surface area contributed by atoms with Crippen LogP contribution >= 0.6 is 0 Å². The highest BCUT2D eigenvalue weighted by Crippen LogP contribution is 2.33. The van der Waals surface area contributed by atoms with Crippen molar-refractivity contribution in [2.75, 3.05) is 17.4 Å². The zero-order chi connectivity index (χ0) is 20.6. The number of sulfonamides is 1. The summed E-state index contributed by atoms with van der Waals surface area (Å²) >= 11 is 0. The first-order valence-electron chi connectivity index (χ1n) is 10.4. The van der Waals surface area contributed by atoms with Crippen LogP contribution in [0.2, 0.25) is 0 Å². The Balaban J connectivity index is 1.65. The van der Waals surface area contributed by atoms with Crippen molar-refractivity contribution in [2.24, 2.45) is 5.92 Å². The number of hydrogen-bond donors (Lipinski definition) is 0. The molecule has 0 fully saturated rings. The molecule has 29 heavy (non-hydrogen) atoms. The third kappa shape index (κ3) is 3.66. The van der Waals surface area contributed by atoms with Crippen LogP contribution in [0.4, 0.5) is 5.69 Å². The predicted molar refractivity (Wildman–Crippen MR) is 114 cm³/mol. The number of nitrogens with zero attached hydrogens (tertiary/aromatic N) is 2. The van der Waals surface area contributed by atoms with Crippen LogP contribution in [0.15, 0.2) is 47.4 Å². The molecule has 6 heteroatoms. The Kier molecular flexibility index (Phi) is 5.38. The fourth-order valence-corrected chi connectivity index (χ4v) is 5.84. The molecule has 2 aliphatic heterocycles. The number of carbonyl (C=O) groups is 1. The highest BCUT2D eigenvalue weighted by Gasteiger charge is 2.30. The van der Waals surface area contributed by atoms with Crippen molar-refractivity contribution in [3.05, 3.63) is 59.2 Å². The minimum absolute atomic E-state index is 0.00619. The van der Waals surface area contributed by atoms with Crippen LogP contribution in [0.1, 0.15) is 43.4 Å². The van der Waals surface area contributed by atoms with E-state index in [4.69, 9.17) is 0 Å². The van der Waals surface area contributed by atoms with Gasteiger partial charge in [-0.05, 0) is 60.6 Å². The summed E-state index contributed by atoms with van der Waals surface area (Å²) in [5.41, 5.74) is 3.94. The third-order valence-corrected chi connectivity index (χ3v) is 8.00. The van der Waals surface area contributed by atoms with Crippen molar-refractivity contribution in [3.8, 4) is 0 Å². The zero-order valence-corrected chi connectivity index (χ0v) is 17.9. The molecule has 5 nitrogen and oxygen atoms in total. The molecule has 4 rings (SSSR count). The summed E-state index contributed by atoms with van der Waals surface area (Å²) in [5.74, 6) is 0.143. The van der Waals surface area contributed by atoms with Gasteiger partial charge in [0.2, 0.25) is 5.91 Å². The molecule has 2 aliphatic rings. The van der Waals surface area contributed by atoms with Crippen molar-refractivity contribution >= 4 is 21.6 Å². The number of para-hydroxylation sites is 1. The Labute approximate surface area is 173 Å². The van der Waals surface area contributed by atoms with E-state index in [0.29, 0.717) is 24.5 Å². The normalized spacial score (nSPS) is 17.4. The van der Waals surface area contributed by atoms with Gasteiger partial charge < -0.3 is 4.90 Å². The minimum atomic E-state index is -3.64. The van der Waals surface area contributed by atoms with E-state index in [2.05, 4.69) is 0 Å². The average molecular weight is 413 g/mol. The second-order valence-corrected chi connectivity index (χ2v) is 9.92. The van der Waals surface area contributed by atoms with Crippen molar-refractivity contribution in [1.82, 2.24) is 4.90 Å². The number of carbonyl (C=O) groups excluding carboxylic acids is 1. The van der Waals surface area contributed by atoms with Gasteiger partial charge >= 0.3 is 0 Å². The molecule has 0 spiro atoms. The second-order valence-electron chi connectivity index (χ2n) is 8.06. The molecule has 0 radical (unpaired) electrons. The number of rotatable bonds is 4. The molecule has 0 saturated heterocycles. The van der Waals surface area contributed by atoms with Gasteiger partial charge in [-0.15, -0.1) is 0 Å². The van der Waals surface area contributed by atoms with Crippen LogP contribution in [0.25, 0.3) is 0 Å². The number of anilines is 1. The molecule has 0 aliphatic carbocycles. The lowest BCUT2D eigenvalue weighted by atomic mass is 9.98. The van der Waals surface area contributed by atoms with Gasteiger partial charge in [0, 0.05) is 25.6 Å². The zero-order valence-electron chi connectivity index (χ0n) is 17.1. The maximum absolute atomic E-state index is 13.5. The van der Waals surface area contributed by atoms with Crippen LogP contribution in [0.3, 0.4) is 0 Å². The highest BCUT2D eigenvalue weighted by molar-refractivity contribution is 7.92. The number of aryl methyl sites for hydroxylation is 1. The summed E-state index contributed by atoms with van der Waals surface area (Å²) in [6, 6.07) is 13.1. The van der Waals surface area contributed by atoms with Gasteiger partial charge in [0.25, 0.3) is 10.0 Å². The molecule has 0 aromatic heterocycles. The number of benzene rings is 2. The van der Waals surface area contributed by atoms with E-state index in [9.17, 15) is 13.2 Å². The van der Waals surface area contributed by atoms with Crippen molar-refractivity contribution in [3.63, 3.8) is 0 Å². The monoisotopic (exact) mass is 412 g/mol. The summed E-state index contributed by atoms with van der Waals surface area (Å²) in [6.07, 6.45) is 3.30. The Morgan fingerprint density at radius 2 is 1.83 bits per heavy atom. The second kappa shape index (κ2) is 7.82. The lowest BCUT2D eigenvalue weighted by Crippen LogP contribution is -2.39. The van der Waals surface area contributed by atoms with Gasteiger partial charge in [-0.1, -0.05) is 38.1 Å². The standard InChI is InChI=1S/C23H28N2O3S/c1-3-17(2)23(26)24-14-12-18-10-11-21(15-20(18)16-24)29(27,28)25-13-6-8-19-7-4-5-9-22(19)25/h4-5,7,9-11,15,17H,3,6,8,12-14,16H2,1-2H3/t17-/m0/s1. The van der Waals surface area contributed by atoms with Crippen molar-refractivity contribution in [2.45, 2.75) is 51.0 Å². The Bertz CT molecular complexity index is 1030. The number of hydrogen-bond acceptors (Lipinski definition) is 3. The summed E-state index contributed by atoms with van der Waals surface area (Å²) in [4.78, 5) is 14.8. The van der Waals surface area contributed by atoms with Gasteiger partial charge in [-0.2, -0.15) is 0 Å². The quantitative estimate of drug-likeness (QED) is 0.768. The molecule has 0 N–H and O–H groups in total. The molecule has 154 valence electrons. The molecule has 1 atom stereocenters. The predicted octanol–water partition coefficient (Wildman–Crippen LogP) is 3.76. The van der Waals surface area contributed by atoms with Gasteiger partial charge in [-0.3, -0.25) is 9.10 Å². The lowest BCUT2D eigenvalue weighted by Gasteiger charge is -2.32. The van der Waals surface area contributed by atoms with Crippen LogP contribution in [0, 0.1) is 5.92 Å². The van der Waals surface area contributed by atoms with E-state index in [1.54, 1.807) is 16.4 Å². The van der Waals surface area contributed by atoms with Gasteiger partial charge in [0.1, 0.15) is 0 Å². The first kappa shape index (κ1) is 20.0. The Hall–Kier alpha value is -2.34. The van der Waals surface area contributed by atoms with Crippen LogP contribution in [0.5, 0.6) is 0 Å². The van der Waals surface area contributed by atoms with E-state index in [1.807, 2.05) is 49.1 Å². The van der Waals surface area contributed by atoms with Crippen LogP contribution < -0.4 is 4.31 Å².